The van der Waals surface area contributed by atoms with Crippen molar-refractivity contribution < 1.29 is 9.53 Å². The molecule has 0 bridgehead atoms. The van der Waals surface area contributed by atoms with E-state index in [0.29, 0.717) is 23.2 Å². The summed E-state index contributed by atoms with van der Waals surface area (Å²) in [5, 5.41) is 6.59. The second kappa shape index (κ2) is 8.82. The Morgan fingerprint density at radius 1 is 1.42 bits per heavy atom. The summed E-state index contributed by atoms with van der Waals surface area (Å²) >= 11 is 1.83. The number of methoxy groups -OCH3 is 1. The van der Waals surface area contributed by atoms with Crippen LogP contribution in [-0.2, 0) is 4.79 Å². The number of nitrogens with one attached hydrogen (secondary N) is 2. The lowest BCUT2D eigenvalue weighted by Crippen LogP contribution is -2.29. The number of ether oxygens (including phenoxy) is 1. The maximum absolute atomic E-state index is 11.8. The molecule has 0 spiro atoms. The number of anilines is 1. The molecule has 1 aromatic rings. The van der Waals surface area contributed by atoms with Gasteiger partial charge >= 0.3 is 0 Å². The molecule has 0 aliphatic rings. The standard InChI is InChI=1S/C14H22N2O2S/c1-11(19-3)8-9-15-10-14(17)16-12-6-4-5-7-13(12)18-2/h4-7,11,15H,8-10H2,1-3H3,(H,16,17). The van der Waals surface area contributed by atoms with Gasteiger partial charge in [-0.2, -0.15) is 11.8 Å². The van der Waals surface area contributed by atoms with Gasteiger partial charge in [-0.1, -0.05) is 19.1 Å². The first-order chi connectivity index (χ1) is 9.17. The fraction of sp³-hybridized carbons (Fsp3) is 0.500. The first-order valence-electron chi connectivity index (χ1n) is 6.33. The van der Waals surface area contributed by atoms with Crippen molar-refractivity contribution in [2.45, 2.75) is 18.6 Å². The zero-order valence-corrected chi connectivity index (χ0v) is 12.5. The van der Waals surface area contributed by atoms with Crippen LogP contribution in [-0.4, -0.2) is 37.6 Å². The Hall–Kier alpha value is -1.20. The van der Waals surface area contributed by atoms with Gasteiger partial charge in [0, 0.05) is 5.25 Å². The molecule has 0 fully saturated rings. The van der Waals surface area contributed by atoms with E-state index in [9.17, 15) is 4.79 Å². The van der Waals surface area contributed by atoms with Crippen LogP contribution in [0.2, 0.25) is 0 Å². The second-order valence-electron chi connectivity index (χ2n) is 4.26. The van der Waals surface area contributed by atoms with Gasteiger partial charge in [0.1, 0.15) is 5.75 Å². The van der Waals surface area contributed by atoms with Crippen molar-refractivity contribution in [3.63, 3.8) is 0 Å². The zero-order chi connectivity index (χ0) is 14.1. The molecule has 2 N–H and O–H groups in total. The highest BCUT2D eigenvalue weighted by atomic mass is 32.2. The Labute approximate surface area is 119 Å². The minimum atomic E-state index is -0.0543. The lowest BCUT2D eigenvalue weighted by atomic mass is 10.3. The lowest BCUT2D eigenvalue weighted by molar-refractivity contribution is -0.115. The summed E-state index contributed by atoms with van der Waals surface area (Å²) in [5.74, 6) is 0.619. The van der Waals surface area contributed by atoms with Crippen LogP contribution in [0.5, 0.6) is 5.75 Å². The van der Waals surface area contributed by atoms with Crippen molar-refractivity contribution in [2.75, 3.05) is 31.8 Å². The SMILES string of the molecule is COc1ccccc1NC(=O)CNCCC(C)SC. The molecule has 0 saturated heterocycles. The number of amides is 1. The maximum Gasteiger partial charge on any atom is 0.238 e. The maximum atomic E-state index is 11.8. The summed E-state index contributed by atoms with van der Waals surface area (Å²) in [7, 11) is 1.59. The number of benzene rings is 1. The van der Waals surface area contributed by atoms with Gasteiger partial charge in [0.25, 0.3) is 0 Å². The van der Waals surface area contributed by atoms with Crippen molar-refractivity contribution in [1.29, 1.82) is 0 Å². The topological polar surface area (TPSA) is 50.4 Å². The Morgan fingerprint density at radius 3 is 2.84 bits per heavy atom. The fourth-order valence-electron chi connectivity index (χ4n) is 1.57. The molecule has 106 valence electrons. The van der Waals surface area contributed by atoms with Crippen LogP contribution >= 0.6 is 11.8 Å². The molecule has 0 aromatic heterocycles. The molecule has 1 unspecified atom stereocenters. The molecule has 4 nitrogen and oxygen atoms in total. The molecule has 0 heterocycles. The molecule has 1 amide bonds. The van der Waals surface area contributed by atoms with Crippen molar-refractivity contribution >= 4 is 23.4 Å². The van der Waals surface area contributed by atoms with E-state index in [4.69, 9.17) is 4.74 Å². The smallest absolute Gasteiger partial charge is 0.238 e. The van der Waals surface area contributed by atoms with Gasteiger partial charge in [-0.3, -0.25) is 4.79 Å². The van der Waals surface area contributed by atoms with E-state index in [2.05, 4.69) is 23.8 Å². The van der Waals surface area contributed by atoms with Crippen LogP contribution in [0.25, 0.3) is 0 Å². The lowest BCUT2D eigenvalue weighted by Gasteiger charge is -2.11. The van der Waals surface area contributed by atoms with Gasteiger partial charge in [-0.15, -0.1) is 0 Å². The van der Waals surface area contributed by atoms with Gasteiger partial charge in [-0.05, 0) is 31.4 Å². The summed E-state index contributed by atoms with van der Waals surface area (Å²) < 4.78 is 5.18. The molecule has 5 heteroatoms. The number of thioether (sulfide) groups is 1. The summed E-state index contributed by atoms with van der Waals surface area (Å²) in [6.45, 7) is 3.35. The molecule has 19 heavy (non-hydrogen) atoms. The average Bonchev–Trinajstić information content (AvgIpc) is 2.43. The van der Waals surface area contributed by atoms with Crippen LogP contribution in [0.1, 0.15) is 13.3 Å². The predicted octanol–water partition coefficient (Wildman–Crippen LogP) is 2.36. The van der Waals surface area contributed by atoms with Crippen molar-refractivity contribution in [1.82, 2.24) is 5.32 Å². The summed E-state index contributed by atoms with van der Waals surface area (Å²) in [4.78, 5) is 11.8. The van der Waals surface area contributed by atoms with Crippen LogP contribution < -0.4 is 15.4 Å². The van der Waals surface area contributed by atoms with Crippen LogP contribution in [0, 0.1) is 0 Å². The molecule has 0 aliphatic carbocycles. The number of hydrogen-bond acceptors (Lipinski definition) is 4. The van der Waals surface area contributed by atoms with E-state index < -0.39 is 0 Å². The monoisotopic (exact) mass is 282 g/mol. The number of para-hydroxylation sites is 2. The highest BCUT2D eigenvalue weighted by Gasteiger charge is 2.06. The van der Waals surface area contributed by atoms with Gasteiger partial charge in [0.05, 0.1) is 19.3 Å². The highest BCUT2D eigenvalue weighted by Crippen LogP contribution is 2.22. The average molecular weight is 282 g/mol. The van der Waals surface area contributed by atoms with Gasteiger partial charge in [0.15, 0.2) is 0 Å². The third-order valence-corrected chi connectivity index (χ3v) is 3.84. The molecule has 0 saturated carbocycles. The van der Waals surface area contributed by atoms with E-state index in [-0.39, 0.29) is 5.91 Å². The Kier molecular flexibility index (Phi) is 7.36. The van der Waals surface area contributed by atoms with Crippen LogP contribution in [0.3, 0.4) is 0 Å². The second-order valence-corrected chi connectivity index (χ2v) is 5.54. The molecule has 1 aromatic carbocycles. The molecular formula is C14H22N2O2S. The van der Waals surface area contributed by atoms with E-state index in [1.807, 2.05) is 36.0 Å². The minimum Gasteiger partial charge on any atom is -0.495 e. The van der Waals surface area contributed by atoms with E-state index in [0.717, 1.165) is 13.0 Å². The summed E-state index contributed by atoms with van der Waals surface area (Å²) in [6, 6.07) is 7.39. The minimum absolute atomic E-state index is 0.0543. The van der Waals surface area contributed by atoms with Gasteiger partial charge in [-0.25, -0.2) is 0 Å². The molecule has 0 aliphatic heterocycles. The molecule has 0 radical (unpaired) electrons. The third kappa shape index (κ3) is 5.98. The third-order valence-electron chi connectivity index (χ3n) is 2.80. The normalized spacial score (nSPS) is 11.9. The Bertz CT molecular complexity index is 399. The Morgan fingerprint density at radius 2 is 2.16 bits per heavy atom. The van der Waals surface area contributed by atoms with Crippen LogP contribution in [0.4, 0.5) is 5.69 Å². The van der Waals surface area contributed by atoms with E-state index in [1.165, 1.54) is 0 Å². The molecule has 1 rings (SSSR count). The zero-order valence-electron chi connectivity index (χ0n) is 11.7. The van der Waals surface area contributed by atoms with Crippen molar-refractivity contribution in [3.8, 4) is 5.75 Å². The number of carbonyl (C=O) groups is 1. The fourth-order valence-corrected chi connectivity index (χ4v) is 1.92. The summed E-state index contributed by atoms with van der Waals surface area (Å²) in [5.41, 5.74) is 0.703. The quantitative estimate of drug-likeness (QED) is 0.719. The predicted molar refractivity (Wildman–Crippen MR) is 82.1 cm³/mol. The van der Waals surface area contributed by atoms with Crippen LogP contribution in [0.15, 0.2) is 24.3 Å². The van der Waals surface area contributed by atoms with E-state index in [1.54, 1.807) is 7.11 Å². The number of rotatable bonds is 8. The summed E-state index contributed by atoms with van der Waals surface area (Å²) in [6.07, 6.45) is 3.15. The Balaban J connectivity index is 2.31. The first kappa shape index (κ1) is 15.9. The van der Waals surface area contributed by atoms with Crippen molar-refractivity contribution in [3.05, 3.63) is 24.3 Å². The van der Waals surface area contributed by atoms with Gasteiger partial charge in [0.2, 0.25) is 5.91 Å². The first-order valence-corrected chi connectivity index (χ1v) is 7.62. The molecule has 1 atom stereocenters. The largest absolute Gasteiger partial charge is 0.495 e. The van der Waals surface area contributed by atoms with Crippen molar-refractivity contribution in [2.24, 2.45) is 0 Å². The highest BCUT2D eigenvalue weighted by molar-refractivity contribution is 7.99. The van der Waals surface area contributed by atoms with E-state index >= 15 is 0 Å². The number of hydrogen-bond donors (Lipinski definition) is 2. The molecular weight excluding hydrogens is 260 g/mol. The van der Waals surface area contributed by atoms with Gasteiger partial charge < -0.3 is 15.4 Å². The number of carbonyl (C=O) groups excluding carboxylic acids is 1.